The predicted octanol–water partition coefficient (Wildman–Crippen LogP) is 3.35. The fourth-order valence-electron chi connectivity index (χ4n) is 3.60. The van der Waals surface area contributed by atoms with Crippen LogP contribution in [-0.2, 0) is 21.2 Å². The third kappa shape index (κ3) is 5.19. The van der Waals surface area contributed by atoms with Crippen LogP contribution in [0.1, 0.15) is 12.0 Å². The van der Waals surface area contributed by atoms with E-state index in [-0.39, 0.29) is 24.1 Å². The Balaban J connectivity index is 1.71. The first kappa shape index (κ1) is 23.2. The van der Waals surface area contributed by atoms with Crippen molar-refractivity contribution in [3.05, 3.63) is 71.0 Å². The minimum atomic E-state index is -3.79. The minimum absolute atomic E-state index is 0.0178. The molecule has 1 aliphatic carbocycles. The van der Waals surface area contributed by atoms with Crippen molar-refractivity contribution in [1.82, 2.24) is 14.8 Å². The Morgan fingerprint density at radius 2 is 2.06 bits per heavy atom. The maximum absolute atomic E-state index is 12.9. The van der Waals surface area contributed by atoms with Crippen molar-refractivity contribution in [3.8, 4) is 11.6 Å². The summed E-state index contributed by atoms with van der Waals surface area (Å²) in [5, 5.41) is 18.8. The molecule has 0 radical (unpaired) electrons. The van der Waals surface area contributed by atoms with E-state index in [9.17, 15) is 13.5 Å². The van der Waals surface area contributed by atoms with Gasteiger partial charge in [-0.25, -0.2) is 8.42 Å². The summed E-state index contributed by atoms with van der Waals surface area (Å²) < 4.78 is 41.0. The van der Waals surface area contributed by atoms with Crippen molar-refractivity contribution in [1.29, 1.82) is 0 Å². The number of hydrogen-bond donors (Lipinski definition) is 2. The van der Waals surface area contributed by atoms with Crippen LogP contribution < -0.4 is 4.72 Å². The summed E-state index contributed by atoms with van der Waals surface area (Å²) in [7, 11) is -2.24. The van der Waals surface area contributed by atoms with E-state index in [2.05, 4.69) is 14.9 Å². The smallest absolute Gasteiger partial charge is 0.243 e. The number of aliphatic hydroxyl groups is 1. The first-order valence-corrected chi connectivity index (χ1v) is 12.2. The number of nitrogens with one attached hydrogen (secondary N) is 1. The number of benzene rings is 1. The zero-order valence-corrected chi connectivity index (χ0v) is 19.4. The van der Waals surface area contributed by atoms with Crippen LogP contribution in [-0.4, -0.2) is 53.9 Å². The molecule has 1 atom stereocenters. The molecular weight excluding hydrogens is 468 g/mol. The second-order valence-electron chi connectivity index (χ2n) is 7.39. The van der Waals surface area contributed by atoms with Crippen LogP contribution in [0, 0.1) is 0 Å². The van der Waals surface area contributed by atoms with Gasteiger partial charge in [0.25, 0.3) is 0 Å². The van der Waals surface area contributed by atoms with Gasteiger partial charge in [0.05, 0.1) is 24.3 Å². The van der Waals surface area contributed by atoms with Gasteiger partial charge in [0.2, 0.25) is 21.8 Å². The monoisotopic (exact) mass is 490 g/mol. The van der Waals surface area contributed by atoms with Crippen LogP contribution in [0.25, 0.3) is 17.3 Å². The van der Waals surface area contributed by atoms with Gasteiger partial charge >= 0.3 is 0 Å². The summed E-state index contributed by atoms with van der Waals surface area (Å²) in [6, 6.07) is 10.4. The number of hydrogen-bond acceptors (Lipinski definition) is 7. The highest BCUT2D eigenvalue weighted by Gasteiger charge is 2.29. The molecule has 0 fully saturated rings. The van der Waals surface area contributed by atoms with Crippen LogP contribution in [0.2, 0.25) is 5.02 Å². The Morgan fingerprint density at radius 1 is 1.27 bits per heavy atom. The van der Waals surface area contributed by atoms with E-state index in [1.807, 2.05) is 6.08 Å². The molecule has 0 saturated heterocycles. The fourth-order valence-corrected chi connectivity index (χ4v) is 4.75. The molecule has 4 rings (SSSR count). The molecule has 2 N–H and O–H groups in total. The minimum Gasteiger partial charge on any atom is -0.461 e. The first-order valence-electron chi connectivity index (χ1n) is 10.2. The Kier molecular flexibility index (Phi) is 6.99. The summed E-state index contributed by atoms with van der Waals surface area (Å²) in [4.78, 5) is 0. The van der Waals surface area contributed by atoms with Gasteiger partial charge in [0.15, 0.2) is 5.76 Å². The number of rotatable bonds is 9. The first-order chi connectivity index (χ1) is 15.9. The molecule has 1 aliphatic rings. The third-order valence-corrected chi connectivity index (χ3v) is 6.71. The molecule has 2 aromatic heterocycles. The lowest BCUT2D eigenvalue weighted by Gasteiger charge is -2.26. The molecule has 9 nitrogen and oxygen atoms in total. The fraction of sp³-hybridized carbons (Fsp3) is 0.273. The highest BCUT2D eigenvalue weighted by molar-refractivity contribution is 7.92. The number of halogens is 1. The van der Waals surface area contributed by atoms with Crippen LogP contribution in [0.3, 0.4) is 0 Å². The summed E-state index contributed by atoms with van der Waals surface area (Å²) >= 11 is 5.90. The average Bonchev–Trinajstić information content (AvgIpc) is 3.48. The Bertz CT molecular complexity index is 1260. The topological polar surface area (TPSA) is 119 Å². The summed E-state index contributed by atoms with van der Waals surface area (Å²) in [5.41, 5.74) is 1.93. The van der Waals surface area contributed by atoms with Gasteiger partial charge in [-0.2, -0.15) is 0 Å². The van der Waals surface area contributed by atoms with Crippen molar-refractivity contribution in [2.45, 2.75) is 18.9 Å². The molecule has 2 heterocycles. The molecule has 1 unspecified atom stereocenters. The molecule has 3 aromatic rings. The summed E-state index contributed by atoms with van der Waals surface area (Å²) in [6.45, 7) is -0.274. The summed E-state index contributed by atoms with van der Waals surface area (Å²) in [5.74, 6) is 0.490. The van der Waals surface area contributed by atoms with Crippen LogP contribution in [0.5, 0.6) is 0 Å². The molecule has 174 valence electrons. The second-order valence-corrected chi connectivity index (χ2v) is 9.67. The molecule has 33 heavy (non-hydrogen) atoms. The number of aliphatic hydroxyl groups excluding tert-OH is 1. The Morgan fingerprint density at radius 3 is 2.73 bits per heavy atom. The molecule has 0 aliphatic heterocycles. The molecular formula is C22H23ClN4O5S. The molecule has 0 saturated carbocycles. The van der Waals surface area contributed by atoms with Crippen molar-refractivity contribution >= 4 is 33.3 Å². The van der Waals surface area contributed by atoms with Gasteiger partial charge in [-0.15, -0.1) is 10.2 Å². The van der Waals surface area contributed by atoms with E-state index in [4.69, 9.17) is 20.8 Å². The zero-order chi connectivity index (χ0) is 23.4. The average molecular weight is 491 g/mol. The highest BCUT2D eigenvalue weighted by Crippen LogP contribution is 2.33. The lowest BCUT2D eigenvalue weighted by Crippen LogP contribution is -2.26. The Hall–Kier alpha value is -2.92. The quantitative estimate of drug-likeness (QED) is 0.472. The number of aryl methyl sites for hydroxylation is 1. The number of ether oxygens (including phenoxy) is 1. The van der Waals surface area contributed by atoms with E-state index in [1.54, 1.807) is 49.6 Å². The highest BCUT2D eigenvalue weighted by atomic mass is 35.5. The van der Waals surface area contributed by atoms with Gasteiger partial charge in [-0.1, -0.05) is 35.9 Å². The van der Waals surface area contributed by atoms with E-state index < -0.39 is 16.1 Å². The van der Waals surface area contributed by atoms with E-state index >= 15 is 0 Å². The maximum Gasteiger partial charge on any atom is 0.243 e. The van der Waals surface area contributed by atoms with Crippen molar-refractivity contribution in [3.63, 3.8) is 0 Å². The van der Waals surface area contributed by atoms with Gasteiger partial charge in [-0.3, -0.25) is 9.29 Å². The molecule has 1 aromatic carbocycles. The van der Waals surface area contributed by atoms with Crippen LogP contribution in [0.15, 0.2) is 64.8 Å². The third-order valence-electron chi connectivity index (χ3n) is 5.22. The number of sulfonamides is 1. The zero-order valence-electron chi connectivity index (χ0n) is 17.8. The predicted molar refractivity (Wildman–Crippen MR) is 125 cm³/mol. The van der Waals surface area contributed by atoms with Crippen LogP contribution >= 0.6 is 11.6 Å². The molecule has 11 heteroatoms. The number of methoxy groups -OCH3 is 1. The van der Waals surface area contributed by atoms with Gasteiger partial charge in [0, 0.05) is 12.1 Å². The van der Waals surface area contributed by atoms with Gasteiger partial charge in [-0.05, 0) is 48.2 Å². The largest absolute Gasteiger partial charge is 0.461 e. The van der Waals surface area contributed by atoms with E-state index in [1.165, 1.54) is 10.8 Å². The molecule has 0 spiro atoms. The van der Waals surface area contributed by atoms with Gasteiger partial charge < -0.3 is 14.3 Å². The van der Waals surface area contributed by atoms with E-state index in [0.29, 0.717) is 34.9 Å². The van der Waals surface area contributed by atoms with E-state index in [0.717, 1.165) is 5.56 Å². The van der Waals surface area contributed by atoms with Crippen molar-refractivity contribution in [2.75, 3.05) is 24.2 Å². The summed E-state index contributed by atoms with van der Waals surface area (Å²) in [6.07, 6.45) is 5.53. The SMILES string of the molecule is COC1CC=CC(CO)=C1n1c(NS(=O)(=O)CCc2ccc(Cl)cc2)nnc1-c1ccco1. The van der Waals surface area contributed by atoms with Crippen molar-refractivity contribution in [2.24, 2.45) is 0 Å². The molecule has 0 bridgehead atoms. The molecule has 0 amide bonds. The number of anilines is 1. The Labute approximate surface area is 196 Å². The lowest BCUT2D eigenvalue weighted by molar-refractivity contribution is 0.144. The number of aromatic nitrogens is 3. The standard InChI is InChI=1S/C22H23ClN4O5S/c1-31-18-5-2-4-16(14-28)20(18)27-21(19-6-3-12-32-19)24-25-22(27)26-33(29,30)13-11-15-7-9-17(23)10-8-15/h2-4,6-10,12,18,28H,5,11,13-14H2,1H3,(H,25,26). The second kappa shape index (κ2) is 9.92. The number of furan rings is 1. The normalized spacial score (nSPS) is 16.4. The van der Waals surface area contributed by atoms with Gasteiger partial charge in [0.1, 0.15) is 6.10 Å². The van der Waals surface area contributed by atoms with Crippen molar-refractivity contribution < 1.29 is 22.7 Å². The lowest BCUT2D eigenvalue weighted by atomic mass is 10.0. The maximum atomic E-state index is 12.9. The number of nitrogens with zero attached hydrogens (tertiary/aromatic N) is 3. The van der Waals surface area contributed by atoms with Crippen LogP contribution in [0.4, 0.5) is 5.95 Å².